The highest BCUT2D eigenvalue weighted by Crippen LogP contribution is 2.29. The zero-order valence-corrected chi connectivity index (χ0v) is 16.0. The maximum Gasteiger partial charge on any atom is 0.191 e. The van der Waals surface area contributed by atoms with Crippen molar-refractivity contribution in [1.82, 2.24) is 24.7 Å². The van der Waals surface area contributed by atoms with E-state index in [0.29, 0.717) is 0 Å². The zero-order chi connectivity index (χ0) is 17.2. The summed E-state index contributed by atoms with van der Waals surface area (Å²) in [7, 11) is 0. The first-order valence-corrected chi connectivity index (χ1v) is 9.77. The lowest BCUT2D eigenvalue weighted by Gasteiger charge is -2.13. The third kappa shape index (κ3) is 3.67. The van der Waals surface area contributed by atoms with Crippen LogP contribution in [-0.2, 0) is 17.7 Å². The fourth-order valence-corrected chi connectivity index (χ4v) is 4.16. The molecular weight excluding hydrogens is 338 g/mol. The Kier molecular flexibility index (Phi) is 5.01. The van der Waals surface area contributed by atoms with Gasteiger partial charge < -0.3 is 4.57 Å². The Labute approximate surface area is 150 Å². The second-order valence-corrected chi connectivity index (χ2v) is 8.27. The van der Waals surface area contributed by atoms with Crippen LogP contribution in [0.1, 0.15) is 38.4 Å². The van der Waals surface area contributed by atoms with Crippen molar-refractivity contribution in [2.24, 2.45) is 0 Å². The van der Waals surface area contributed by atoms with Gasteiger partial charge in [0.25, 0.3) is 0 Å². The summed E-state index contributed by atoms with van der Waals surface area (Å²) in [6.07, 6.45) is 3.56. The van der Waals surface area contributed by atoms with Gasteiger partial charge in [-0.15, -0.1) is 21.5 Å². The molecule has 0 aliphatic carbocycles. The monoisotopic (exact) mass is 359 g/mol. The zero-order valence-electron chi connectivity index (χ0n) is 14.4. The van der Waals surface area contributed by atoms with Crippen molar-refractivity contribution in [3.8, 4) is 11.4 Å². The average molecular weight is 360 g/mol. The molecule has 0 unspecified atom stereocenters. The summed E-state index contributed by atoms with van der Waals surface area (Å²) < 4.78 is 2.14. The van der Waals surface area contributed by atoms with Crippen molar-refractivity contribution in [3.05, 3.63) is 40.6 Å². The minimum atomic E-state index is 0.103. The van der Waals surface area contributed by atoms with Gasteiger partial charge in [0, 0.05) is 41.0 Å². The Morgan fingerprint density at radius 3 is 2.54 bits per heavy atom. The number of rotatable bonds is 5. The quantitative estimate of drug-likeness (QED) is 0.632. The first kappa shape index (κ1) is 17.1. The predicted octanol–water partition coefficient (Wildman–Crippen LogP) is 4.41. The molecule has 5 nitrogen and oxygen atoms in total. The van der Waals surface area contributed by atoms with Crippen molar-refractivity contribution in [2.75, 3.05) is 0 Å². The maximum absolute atomic E-state index is 4.75. The van der Waals surface area contributed by atoms with Gasteiger partial charge in [-0.25, -0.2) is 4.98 Å². The lowest BCUT2D eigenvalue weighted by molar-refractivity contribution is 0.584. The maximum atomic E-state index is 4.75. The van der Waals surface area contributed by atoms with Gasteiger partial charge in [0.15, 0.2) is 11.0 Å². The normalized spacial score (nSPS) is 11.8. The van der Waals surface area contributed by atoms with Gasteiger partial charge >= 0.3 is 0 Å². The second-order valence-electron chi connectivity index (χ2n) is 6.47. The van der Waals surface area contributed by atoms with Crippen LogP contribution in [0.4, 0.5) is 0 Å². The summed E-state index contributed by atoms with van der Waals surface area (Å²) in [6, 6.07) is 3.92. The van der Waals surface area contributed by atoms with Gasteiger partial charge in [-0.2, -0.15) is 0 Å². The Bertz CT molecular complexity index is 802. The Balaban J connectivity index is 1.77. The van der Waals surface area contributed by atoms with Crippen molar-refractivity contribution < 1.29 is 0 Å². The van der Waals surface area contributed by atoms with Crippen LogP contribution in [0.3, 0.4) is 0 Å². The van der Waals surface area contributed by atoms with E-state index >= 15 is 0 Å². The molecule has 0 amide bonds. The largest absolute Gasteiger partial charge is 0.302 e. The molecule has 0 saturated heterocycles. The van der Waals surface area contributed by atoms with Crippen LogP contribution in [0.15, 0.2) is 35.1 Å². The number of nitrogens with zero attached hydrogens (tertiary/aromatic N) is 5. The Morgan fingerprint density at radius 2 is 1.92 bits per heavy atom. The van der Waals surface area contributed by atoms with E-state index in [1.165, 1.54) is 5.01 Å². The summed E-state index contributed by atoms with van der Waals surface area (Å²) in [6.45, 7) is 9.52. The lowest BCUT2D eigenvalue weighted by atomic mass is 9.98. The fraction of sp³-hybridized carbons (Fsp3) is 0.412. The predicted molar refractivity (Wildman–Crippen MR) is 99.3 cm³/mol. The van der Waals surface area contributed by atoms with Crippen LogP contribution in [0, 0.1) is 0 Å². The molecule has 3 rings (SSSR count). The standard InChI is InChI=1S/C17H21N5S2/c1-5-22-14(12-6-8-18-9-7-12)20-21-16(22)24-11-13-10-23-15(19-13)17(2,3)4/h6-10H,5,11H2,1-4H3. The minimum absolute atomic E-state index is 0.103. The average Bonchev–Trinajstić information content (AvgIpc) is 3.20. The lowest BCUT2D eigenvalue weighted by Crippen LogP contribution is -2.10. The molecule has 0 radical (unpaired) electrons. The minimum Gasteiger partial charge on any atom is -0.302 e. The van der Waals surface area contributed by atoms with E-state index in [0.717, 1.165) is 34.5 Å². The first-order valence-electron chi connectivity index (χ1n) is 7.90. The number of pyridine rings is 1. The fourth-order valence-electron chi connectivity index (χ4n) is 2.25. The van der Waals surface area contributed by atoms with Crippen molar-refractivity contribution in [2.45, 2.75) is 50.6 Å². The Hall–Kier alpha value is -1.73. The highest BCUT2D eigenvalue weighted by atomic mass is 32.2. The SMILES string of the molecule is CCn1c(SCc2csc(C(C)(C)C)n2)nnc1-c1ccncc1. The summed E-state index contributed by atoms with van der Waals surface area (Å²) in [5, 5.41) is 13.0. The van der Waals surface area contributed by atoms with Crippen LogP contribution in [-0.4, -0.2) is 24.7 Å². The van der Waals surface area contributed by atoms with E-state index in [9.17, 15) is 0 Å². The Morgan fingerprint density at radius 1 is 1.17 bits per heavy atom. The summed E-state index contributed by atoms with van der Waals surface area (Å²) in [5.41, 5.74) is 2.24. The smallest absolute Gasteiger partial charge is 0.191 e. The van der Waals surface area contributed by atoms with E-state index in [2.05, 4.69) is 52.8 Å². The summed E-state index contributed by atoms with van der Waals surface area (Å²) >= 11 is 3.41. The van der Waals surface area contributed by atoms with Gasteiger partial charge in [-0.05, 0) is 19.1 Å². The molecule has 0 aromatic carbocycles. The highest BCUT2D eigenvalue weighted by Gasteiger charge is 2.19. The summed E-state index contributed by atoms with van der Waals surface area (Å²) in [5.74, 6) is 1.69. The topological polar surface area (TPSA) is 56.5 Å². The molecule has 0 bridgehead atoms. The number of thiazole rings is 1. The van der Waals surface area contributed by atoms with E-state index in [-0.39, 0.29) is 5.41 Å². The van der Waals surface area contributed by atoms with Crippen molar-refractivity contribution in [1.29, 1.82) is 0 Å². The van der Waals surface area contributed by atoms with E-state index < -0.39 is 0 Å². The number of hydrogen-bond acceptors (Lipinski definition) is 6. The van der Waals surface area contributed by atoms with E-state index in [1.807, 2.05) is 12.1 Å². The number of hydrogen-bond donors (Lipinski definition) is 0. The molecule has 0 atom stereocenters. The van der Waals surface area contributed by atoms with Gasteiger partial charge in [0.05, 0.1) is 10.7 Å². The molecule has 0 saturated carbocycles. The van der Waals surface area contributed by atoms with Gasteiger partial charge in [-0.3, -0.25) is 4.98 Å². The molecule has 3 aromatic heterocycles. The van der Waals surface area contributed by atoms with Crippen LogP contribution in [0.5, 0.6) is 0 Å². The number of thioether (sulfide) groups is 1. The molecule has 0 aliphatic rings. The molecule has 24 heavy (non-hydrogen) atoms. The molecular formula is C17H21N5S2. The van der Waals surface area contributed by atoms with Crippen LogP contribution < -0.4 is 0 Å². The van der Waals surface area contributed by atoms with Crippen molar-refractivity contribution >= 4 is 23.1 Å². The molecule has 0 spiro atoms. The molecule has 0 N–H and O–H groups in total. The molecule has 7 heteroatoms. The highest BCUT2D eigenvalue weighted by molar-refractivity contribution is 7.98. The molecule has 3 heterocycles. The number of aromatic nitrogens is 5. The van der Waals surface area contributed by atoms with Gasteiger partial charge in [0.2, 0.25) is 0 Å². The van der Waals surface area contributed by atoms with Crippen LogP contribution in [0.2, 0.25) is 0 Å². The summed E-state index contributed by atoms with van der Waals surface area (Å²) in [4.78, 5) is 8.81. The van der Waals surface area contributed by atoms with Crippen LogP contribution >= 0.6 is 23.1 Å². The van der Waals surface area contributed by atoms with Gasteiger partial charge in [-0.1, -0.05) is 32.5 Å². The van der Waals surface area contributed by atoms with E-state index in [1.54, 1.807) is 35.5 Å². The van der Waals surface area contributed by atoms with Gasteiger partial charge in [0.1, 0.15) is 0 Å². The molecule has 126 valence electrons. The third-order valence-corrected chi connectivity index (χ3v) is 5.83. The van der Waals surface area contributed by atoms with Crippen molar-refractivity contribution in [3.63, 3.8) is 0 Å². The molecule has 0 aliphatic heterocycles. The third-order valence-electron chi connectivity index (χ3n) is 3.51. The van der Waals surface area contributed by atoms with Crippen LogP contribution in [0.25, 0.3) is 11.4 Å². The first-order chi connectivity index (χ1) is 11.5. The molecule has 3 aromatic rings. The second kappa shape index (κ2) is 7.03. The molecule has 0 fully saturated rings. The van der Waals surface area contributed by atoms with E-state index in [4.69, 9.17) is 4.98 Å².